The second kappa shape index (κ2) is 11.5. The number of hydrogen-bond acceptors (Lipinski definition) is 4. The summed E-state index contributed by atoms with van der Waals surface area (Å²) in [6.45, 7) is 7.55. The van der Waals surface area contributed by atoms with Crippen LogP contribution in [0.5, 0.6) is 0 Å². The third-order valence-electron chi connectivity index (χ3n) is 5.76. The fourth-order valence-electron chi connectivity index (χ4n) is 3.43. The monoisotopic (exact) mass is 511 g/mol. The first kappa shape index (κ1) is 26.4. The van der Waals surface area contributed by atoms with Crippen molar-refractivity contribution < 1.29 is 14.4 Å². The van der Waals surface area contributed by atoms with Crippen molar-refractivity contribution in [3.05, 3.63) is 87.1 Å². The summed E-state index contributed by atoms with van der Waals surface area (Å²) in [5.41, 5.74) is 1.73. The van der Waals surface area contributed by atoms with Crippen molar-refractivity contribution in [1.82, 2.24) is 10.6 Å². The summed E-state index contributed by atoms with van der Waals surface area (Å²) >= 11 is 7.39. The predicted octanol–water partition coefficient (Wildman–Crippen LogP) is 5.52. The minimum absolute atomic E-state index is 0.272. The highest BCUT2D eigenvalue weighted by molar-refractivity contribution is 7.12. The molecule has 3 aromatic rings. The topological polar surface area (TPSA) is 78.5 Å². The molecule has 2 aromatic carbocycles. The SMILES string of the molecule is CCC(C)(C)NC(=O)[C@@H](c1ccc(C)cc1)N(C(=O)CNC(=O)c1cccs1)c1ccc(Cl)cc1. The van der Waals surface area contributed by atoms with Gasteiger partial charge in [0.15, 0.2) is 0 Å². The molecule has 0 aliphatic heterocycles. The number of carbonyl (C=O) groups excluding carboxylic acids is 3. The fraction of sp³-hybridized carbons (Fsp3) is 0.296. The number of carbonyl (C=O) groups is 3. The van der Waals surface area contributed by atoms with Crippen LogP contribution in [-0.4, -0.2) is 29.8 Å². The van der Waals surface area contributed by atoms with Gasteiger partial charge in [-0.05, 0) is 68.5 Å². The summed E-state index contributed by atoms with van der Waals surface area (Å²) in [5, 5.41) is 8.07. The van der Waals surface area contributed by atoms with Gasteiger partial charge in [0.25, 0.3) is 5.91 Å². The molecule has 0 bridgehead atoms. The summed E-state index contributed by atoms with van der Waals surface area (Å²) in [7, 11) is 0. The van der Waals surface area contributed by atoms with E-state index < -0.39 is 17.5 Å². The summed E-state index contributed by atoms with van der Waals surface area (Å²) in [6, 6.07) is 16.7. The largest absolute Gasteiger partial charge is 0.349 e. The van der Waals surface area contributed by atoms with Crippen LogP contribution in [0.3, 0.4) is 0 Å². The van der Waals surface area contributed by atoms with Crippen LogP contribution >= 0.6 is 22.9 Å². The lowest BCUT2D eigenvalue weighted by molar-refractivity contribution is -0.127. The van der Waals surface area contributed by atoms with Gasteiger partial charge in [0.05, 0.1) is 11.4 Å². The number of hydrogen-bond donors (Lipinski definition) is 2. The van der Waals surface area contributed by atoms with Crippen molar-refractivity contribution in [3.8, 4) is 0 Å². The highest BCUT2D eigenvalue weighted by Crippen LogP contribution is 2.30. The molecule has 0 unspecified atom stereocenters. The minimum Gasteiger partial charge on any atom is -0.349 e. The maximum absolute atomic E-state index is 13.7. The molecule has 1 heterocycles. The van der Waals surface area contributed by atoms with Crippen molar-refractivity contribution >= 4 is 46.3 Å². The average molecular weight is 512 g/mol. The summed E-state index contributed by atoms with van der Waals surface area (Å²) in [6.07, 6.45) is 0.713. The molecule has 35 heavy (non-hydrogen) atoms. The van der Waals surface area contributed by atoms with E-state index in [1.807, 2.05) is 52.0 Å². The van der Waals surface area contributed by atoms with E-state index in [0.717, 1.165) is 5.56 Å². The third kappa shape index (κ3) is 6.93. The highest BCUT2D eigenvalue weighted by atomic mass is 35.5. The van der Waals surface area contributed by atoms with Gasteiger partial charge in [-0.25, -0.2) is 0 Å². The van der Waals surface area contributed by atoms with Crippen molar-refractivity contribution in [2.75, 3.05) is 11.4 Å². The molecule has 8 heteroatoms. The molecular weight excluding hydrogens is 482 g/mol. The molecule has 0 radical (unpaired) electrons. The van der Waals surface area contributed by atoms with E-state index in [1.165, 1.54) is 16.2 Å². The first-order chi connectivity index (χ1) is 16.6. The first-order valence-corrected chi connectivity index (χ1v) is 12.6. The Morgan fingerprint density at radius 2 is 1.69 bits per heavy atom. The second-order valence-electron chi connectivity index (χ2n) is 8.94. The Kier molecular flexibility index (Phi) is 8.70. The Morgan fingerprint density at radius 3 is 2.26 bits per heavy atom. The smallest absolute Gasteiger partial charge is 0.261 e. The van der Waals surface area contributed by atoms with Gasteiger partial charge in [0.2, 0.25) is 11.8 Å². The Labute approximate surface area is 215 Å². The Balaban J connectivity index is 2.01. The van der Waals surface area contributed by atoms with Crippen LogP contribution < -0.4 is 15.5 Å². The standard InChI is InChI=1S/C27H30ClN3O3S/c1-5-27(3,4)30-26(34)24(19-10-8-18(2)9-11-19)31(21-14-12-20(28)13-15-21)23(32)17-29-25(33)22-7-6-16-35-22/h6-16,24H,5,17H2,1-4H3,(H,29,33)(H,30,34)/t24-/m1/s1. The second-order valence-corrected chi connectivity index (χ2v) is 10.3. The molecule has 0 fully saturated rings. The third-order valence-corrected chi connectivity index (χ3v) is 6.88. The van der Waals surface area contributed by atoms with E-state index >= 15 is 0 Å². The highest BCUT2D eigenvalue weighted by Gasteiger charge is 2.35. The van der Waals surface area contributed by atoms with Crippen molar-refractivity contribution in [1.29, 1.82) is 0 Å². The van der Waals surface area contributed by atoms with Gasteiger partial charge >= 0.3 is 0 Å². The van der Waals surface area contributed by atoms with Crippen LogP contribution in [0.25, 0.3) is 0 Å². The van der Waals surface area contributed by atoms with Crippen LogP contribution in [0.1, 0.15) is 54.0 Å². The first-order valence-electron chi connectivity index (χ1n) is 11.4. The predicted molar refractivity (Wildman–Crippen MR) is 142 cm³/mol. The molecule has 2 N–H and O–H groups in total. The summed E-state index contributed by atoms with van der Waals surface area (Å²) < 4.78 is 0. The molecule has 1 atom stereocenters. The number of nitrogens with zero attached hydrogens (tertiary/aromatic N) is 1. The van der Waals surface area contributed by atoms with Crippen LogP contribution in [-0.2, 0) is 9.59 Å². The van der Waals surface area contributed by atoms with Crippen molar-refractivity contribution in [3.63, 3.8) is 0 Å². The van der Waals surface area contributed by atoms with Gasteiger partial charge in [-0.15, -0.1) is 11.3 Å². The Bertz CT molecular complexity index is 1160. The molecule has 0 aliphatic rings. The number of benzene rings is 2. The number of amides is 3. The van der Waals surface area contributed by atoms with Gasteiger partial charge in [0.1, 0.15) is 6.04 Å². The number of rotatable bonds is 9. The Hall–Kier alpha value is -3.16. The van der Waals surface area contributed by atoms with Gasteiger partial charge in [-0.2, -0.15) is 0 Å². The fourth-order valence-corrected chi connectivity index (χ4v) is 4.20. The van der Waals surface area contributed by atoms with Gasteiger partial charge in [-0.1, -0.05) is 54.4 Å². The molecule has 1 aromatic heterocycles. The molecule has 0 aliphatic carbocycles. The van der Waals surface area contributed by atoms with E-state index in [0.29, 0.717) is 27.6 Å². The zero-order chi connectivity index (χ0) is 25.6. The molecule has 0 saturated heterocycles. The zero-order valence-corrected chi connectivity index (χ0v) is 21.9. The van der Waals surface area contributed by atoms with E-state index in [4.69, 9.17) is 11.6 Å². The molecule has 0 spiro atoms. The molecular formula is C27H30ClN3O3S. The van der Waals surface area contributed by atoms with E-state index in [2.05, 4.69) is 10.6 Å². The number of halogens is 1. The van der Waals surface area contributed by atoms with Gasteiger partial charge in [0, 0.05) is 16.2 Å². The molecule has 3 rings (SSSR count). The Morgan fingerprint density at radius 1 is 1.03 bits per heavy atom. The quantitative estimate of drug-likeness (QED) is 0.397. The van der Waals surface area contributed by atoms with Crippen LogP contribution in [0.4, 0.5) is 5.69 Å². The zero-order valence-electron chi connectivity index (χ0n) is 20.3. The van der Waals surface area contributed by atoms with Crippen LogP contribution in [0.15, 0.2) is 66.0 Å². The normalized spacial score (nSPS) is 12.0. The summed E-state index contributed by atoms with van der Waals surface area (Å²) in [5.74, 6) is -1.08. The van der Waals surface area contributed by atoms with E-state index in [9.17, 15) is 14.4 Å². The van der Waals surface area contributed by atoms with Gasteiger partial charge in [-0.3, -0.25) is 19.3 Å². The minimum atomic E-state index is -0.950. The number of aryl methyl sites for hydroxylation is 1. The van der Waals surface area contributed by atoms with Crippen molar-refractivity contribution in [2.45, 2.75) is 45.7 Å². The van der Waals surface area contributed by atoms with E-state index in [-0.39, 0.29) is 18.4 Å². The lowest BCUT2D eigenvalue weighted by Gasteiger charge is -2.34. The number of anilines is 1. The molecule has 3 amide bonds. The van der Waals surface area contributed by atoms with Crippen molar-refractivity contribution in [2.24, 2.45) is 0 Å². The van der Waals surface area contributed by atoms with Gasteiger partial charge < -0.3 is 10.6 Å². The lowest BCUT2D eigenvalue weighted by atomic mass is 9.97. The molecule has 0 saturated carbocycles. The molecule has 6 nitrogen and oxygen atoms in total. The molecule has 184 valence electrons. The maximum atomic E-state index is 13.7. The number of nitrogens with one attached hydrogen (secondary N) is 2. The summed E-state index contributed by atoms with van der Waals surface area (Å²) in [4.78, 5) is 41.7. The maximum Gasteiger partial charge on any atom is 0.261 e. The lowest BCUT2D eigenvalue weighted by Crippen LogP contribution is -2.52. The van der Waals surface area contributed by atoms with Crippen LogP contribution in [0.2, 0.25) is 5.02 Å². The number of thiophene rings is 1. The average Bonchev–Trinajstić information content (AvgIpc) is 3.37. The van der Waals surface area contributed by atoms with Crippen LogP contribution in [0, 0.1) is 6.92 Å². The van der Waals surface area contributed by atoms with E-state index in [1.54, 1.807) is 41.8 Å².